The molecule has 0 amide bonds. The summed E-state index contributed by atoms with van der Waals surface area (Å²) in [7, 11) is 0. The summed E-state index contributed by atoms with van der Waals surface area (Å²) in [5.74, 6) is 0.945. The molecule has 11 heavy (non-hydrogen) atoms. The third-order valence-corrected chi connectivity index (χ3v) is 3.57. The van der Waals surface area contributed by atoms with Crippen LogP contribution in [0.25, 0.3) is 0 Å². The Balaban J connectivity index is 1.97. The molecule has 0 heterocycles. The molecule has 0 aromatic heterocycles. The van der Waals surface area contributed by atoms with E-state index in [9.17, 15) is 0 Å². The fraction of sp³-hybridized carbons (Fsp3) is 0.400. The zero-order chi connectivity index (χ0) is 7.68. The van der Waals surface area contributed by atoms with Gasteiger partial charge in [-0.15, -0.1) is 11.8 Å². The molecule has 2 rings (SSSR count). The second kappa shape index (κ2) is 2.90. The molecule has 0 spiro atoms. The molecule has 1 aromatic rings. The van der Waals surface area contributed by atoms with Gasteiger partial charge in [-0.3, -0.25) is 0 Å². The van der Waals surface area contributed by atoms with Gasteiger partial charge in [-0.05, 0) is 24.5 Å². The predicted molar refractivity (Wildman–Crippen MR) is 49.9 cm³/mol. The standard InChI is InChI=1S/C10H12S/c1-8-7-10(8)11-9-5-3-2-4-6-9/h2-6,8,10H,7H2,1H3/t8-,10+/m0/s1. The summed E-state index contributed by atoms with van der Waals surface area (Å²) in [4.78, 5) is 1.42. The summed E-state index contributed by atoms with van der Waals surface area (Å²) < 4.78 is 0. The van der Waals surface area contributed by atoms with Crippen LogP contribution < -0.4 is 0 Å². The Labute approximate surface area is 72.0 Å². The van der Waals surface area contributed by atoms with Crippen molar-refractivity contribution in [3.63, 3.8) is 0 Å². The molecule has 1 saturated carbocycles. The normalized spacial score (nSPS) is 28.5. The van der Waals surface area contributed by atoms with Gasteiger partial charge < -0.3 is 0 Å². The third kappa shape index (κ3) is 1.78. The van der Waals surface area contributed by atoms with Crippen LogP contribution in [-0.2, 0) is 0 Å². The van der Waals surface area contributed by atoms with E-state index >= 15 is 0 Å². The number of hydrogen-bond acceptors (Lipinski definition) is 1. The van der Waals surface area contributed by atoms with E-state index in [1.54, 1.807) is 0 Å². The monoisotopic (exact) mass is 164 g/mol. The Hall–Kier alpha value is -0.430. The maximum absolute atomic E-state index is 2.32. The Bertz CT molecular complexity index is 230. The molecule has 58 valence electrons. The first kappa shape index (κ1) is 7.23. The van der Waals surface area contributed by atoms with Crippen LogP contribution in [0, 0.1) is 5.92 Å². The molecule has 0 radical (unpaired) electrons. The molecular formula is C10H12S. The van der Waals surface area contributed by atoms with Crippen LogP contribution in [0.2, 0.25) is 0 Å². The smallest absolute Gasteiger partial charge is 0.0123 e. The second-order valence-electron chi connectivity index (χ2n) is 3.18. The van der Waals surface area contributed by atoms with Gasteiger partial charge in [0, 0.05) is 10.1 Å². The number of thioether (sulfide) groups is 1. The second-order valence-corrected chi connectivity index (χ2v) is 4.49. The average molecular weight is 164 g/mol. The van der Waals surface area contributed by atoms with Gasteiger partial charge in [0.2, 0.25) is 0 Å². The maximum Gasteiger partial charge on any atom is 0.0123 e. The van der Waals surface area contributed by atoms with Gasteiger partial charge in [0.25, 0.3) is 0 Å². The fourth-order valence-electron chi connectivity index (χ4n) is 1.13. The van der Waals surface area contributed by atoms with Crippen LogP contribution in [0.15, 0.2) is 35.2 Å². The summed E-state index contributed by atoms with van der Waals surface area (Å²) in [6, 6.07) is 10.7. The highest BCUT2D eigenvalue weighted by Gasteiger charge is 2.33. The minimum absolute atomic E-state index is 0.900. The van der Waals surface area contributed by atoms with Crippen LogP contribution in [0.1, 0.15) is 13.3 Å². The van der Waals surface area contributed by atoms with Gasteiger partial charge >= 0.3 is 0 Å². The molecule has 1 aliphatic rings. The zero-order valence-electron chi connectivity index (χ0n) is 6.66. The molecule has 1 heteroatoms. The van der Waals surface area contributed by atoms with Crippen molar-refractivity contribution in [1.82, 2.24) is 0 Å². The molecule has 1 aliphatic carbocycles. The maximum atomic E-state index is 2.32. The van der Waals surface area contributed by atoms with Gasteiger partial charge in [-0.2, -0.15) is 0 Å². The molecule has 0 aliphatic heterocycles. The molecule has 0 nitrogen and oxygen atoms in total. The van der Waals surface area contributed by atoms with Crippen molar-refractivity contribution < 1.29 is 0 Å². The SMILES string of the molecule is C[C@H]1C[C@H]1Sc1ccccc1. The Morgan fingerprint density at radius 3 is 2.45 bits per heavy atom. The van der Waals surface area contributed by atoms with Crippen LogP contribution in [0.4, 0.5) is 0 Å². The van der Waals surface area contributed by atoms with Crippen molar-refractivity contribution in [2.24, 2.45) is 5.92 Å². The van der Waals surface area contributed by atoms with E-state index in [2.05, 4.69) is 37.3 Å². The first-order valence-electron chi connectivity index (χ1n) is 4.08. The van der Waals surface area contributed by atoms with Crippen LogP contribution in [0.5, 0.6) is 0 Å². The van der Waals surface area contributed by atoms with Gasteiger partial charge in [0.15, 0.2) is 0 Å². The summed E-state index contributed by atoms with van der Waals surface area (Å²) in [5, 5.41) is 0.900. The molecule has 0 saturated heterocycles. The van der Waals surface area contributed by atoms with Gasteiger partial charge in [0.1, 0.15) is 0 Å². The van der Waals surface area contributed by atoms with Gasteiger partial charge in [0.05, 0.1) is 0 Å². The Kier molecular flexibility index (Phi) is 1.91. The molecule has 1 fully saturated rings. The molecule has 0 bridgehead atoms. The lowest BCUT2D eigenvalue weighted by Gasteiger charge is -1.96. The fourth-order valence-corrected chi connectivity index (χ4v) is 2.42. The highest BCUT2D eigenvalue weighted by molar-refractivity contribution is 8.00. The van der Waals surface area contributed by atoms with Crippen LogP contribution >= 0.6 is 11.8 Å². The molecular weight excluding hydrogens is 152 g/mol. The van der Waals surface area contributed by atoms with E-state index < -0.39 is 0 Å². The van der Waals surface area contributed by atoms with Crippen molar-refractivity contribution in [2.45, 2.75) is 23.5 Å². The zero-order valence-corrected chi connectivity index (χ0v) is 7.47. The van der Waals surface area contributed by atoms with E-state index in [-0.39, 0.29) is 0 Å². The first-order valence-corrected chi connectivity index (χ1v) is 4.96. The van der Waals surface area contributed by atoms with Gasteiger partial charge in [-0.25, -0.2) is 0 Å². The highest BCUT2D eigenvalue weighted by atomic mass is 32.2. The summed E-state index contributed by atoms with van der Waals surface area (Å²) in [6.45, 7) is 2.32. The summed E-state index contributed by atoms with van der Waals surface area (Å²) in [5.41, 5.74) is 0. The van der Waals surface area contributed by atoms with E-state index in [1.807, 2.05) is 11.8 Å². The van der Waals surface area contributed by atoms with Crippen molar-refractivity contribution >= 4 is 11.8 Å². The third-order valence-electron chi connectivity index (χ3n) is 2.07. The first-order chi connectivity index (χ1) is 5.36. The van der Waals surface area contributed by atoms with Crippen molar-refractivity contribution in [3.05, 3.63) is 30.3 Å². The van der Waals surface area contributed by atoms with Crippen molar-refractivity contribution in [2.75, 3.05) is 0 Å². The summed E-state index contributed by atoms with van der Waals surface area (Å²) in [6.07, 6.45) is 1.40. The van der Waals surface area contributed by atoms with E-state index in [4.69, 9.17) is 0 Å². The molecule has 1 aromatic carbocycles. The van der Waals surface area contributed by atoms with Crippen molar-refractivity contribution in [1.29, 1.82) is 0 Å². The number of hydrogen-bond donors (Lipinski definition) is 0. The van der Waals surface area contributed by atoms with Crippen LogP contribution in [0.3, 0.4) is 0 Å². The molecule has 0 unspecified atom stereocenters. The number of benzene rings is 1. The lowest BCUT2D eigenvalue weighted by molar-refractivity contribution is 0.987. The van der Waals surface area contributed by atoms with E-state index in [1.165, 1.54) is 11.3 Å². The largest absolute Gasteiger partial charge is 0.122 e. The quantitative estimate of drug-likeness (QED) is 0.647. The van der Waals surface area contributed by atoms with Gasteiger partial charge in [-0.1, -0.05) is 25.1 Å². The highest BCUT2D eigenvalue weighted by Crippen LogP contribution is 2.44. The predicted octanol–water partition coefficient (Wildman–Crippen LogP) is 3.19. The Morgan fingerprint density at radius 2 is 1.91 bits per heavy atom. The van der Waals surface area contributed by atoms with Crippen molar-refractivity contribution in [3.8, 4) is 0 Å². The van der Waals surface area contributed by atoms with E-state index in [0.717, 1.165) is 11.2 Å². The van der Waals surface area contributed by atoms with E-state index in [0.29, 0.717) is 0 Å². The lowest BCUT2D eigenvalue weighted by Crippen LogP contribution is -1.76. The summed E-state index contributed by atoms with van der Waals surface area (Å²) >= 11 is 2.02. The topological polar surface area (TPSA) is 0 Å². The number of rotatable bonds is 2. The minimum Gasteiger partial charge on any atom is -0.122 e. The average Bonchev–Trinajstić information content (AvgIpc) is 2.69. The minimum atomic E-state index is 0.900. The molecule has 0 N–H and O–H groups in total. The van der Waals surface area contributed by atoms with Crippen LogP contribution in [-0.4, -0.2) is 5.25 Å². The molecule has 2 atom stereocenters. The Morgan fingerprint density at radius 1 is 1.27 bits per heavy atom. The lowest BCUT2D eigenvalue weighted by atomic mass is 10.4.